The largest absolute Gasteiger partial charge is 0.508 e. The van der Waals surface area contributed by atoms with E-state index in [4.69, 9.17) is 4.74 Å². The number of nitrogens with one attached hydrogen (secondary N) is 1. The first-order valence-electron chi connectivity index (χ1n) is 8.67. The highest BCUT2D eigenvalue weighted by molar-refractivity contribution is 5.85. The predicted octanol–water partition coefficient (Wildman–Crippen LogP) is 4.43. The second-order valence-electron chi connectivity index (χ2n) is 7.45. The fraction of sp³-hybridized carbons (Fsp3) is 0.429. The summed E-state index contributed by atoms with van der Waals surface area (Å²) in [6.45, 7) is 6.89. The molecule has 1 aliphatic rings. The van der Waals surface area contributed by atoms with Crippen LogP contribution in [0.5, 0.6) is 5.75 Å². The molecule has 1 atom stereocenters. The van der Waals surface area contributed by atoms with Gasteiger partial charge in [-0.25, -0.2) is 0 Å². The van der Waals surface area contributed by atoms with Crippen LogP contribution in [0.4, 0.5) is 0 Å². The number of benzene rings is 2. The third kappa shape index (κ3) is 4.97. The molecule has 1 unspecified atom stereocenters. The smallest absolute Gasteiger partial charge is 0.115 e. The van der Waals surface area contributed by atoms with Gasteiger partial charge in [0.25, 0.3) is 0 Å². The normalized spacial score (nSPS) is 22.2. The maximum absolute atomic E-state index is 9.40. The molecule has 1 heterocycles. The van der Waals surface area contributed by atoms with Gasteiger partial charge in [-0.2, -0.15) is 0 Å². The number of halogens is 1. The van der Waals surface area contributed by atoms with Crippen LogP contribution in [0.15, 0.2) is 54.6 Å². The first-order valence-corrected chi connectivity index (χ1v) is 8.67. The molecular weight excluding hydrogens is 334 g/mol. The maximum Gasteiger partial charge on any atom is 0.115 e. The molecule has 0 spiro atoms. The van der Waals surface area contributed by atoms with Gasteiger partial charge in [0.05, 0.1) is 5.60 Å². The summed E-state index contributed by atoms with van der Waals surface area (Å²) in [5.74, 6) is 0.311. The van der Waals surface area contributed by atoms with Crippen LogP contribution < -0.4 is 5.32 Å². The SMILES string of the molecule is CC1(C)CC(CNCc2ccc(O)cc2)(c2ccccc2)CCO1.Cl. The summed E-state index contributed by atoms with van der Waals surface area (Å²) in [5.41, 5.74) is 2.57. The van der Waals surface area contributed by atoms with E-state index < -0.39 is 0 Å². The monoisotopic (exact) mass is 361 g/mol. The van der Waals surface area contributed by atoms with Crippen LogP contribution >= 0.6 is 12.4 Å². The molecule has 0 saturated carbocycles. The number of aromatic hydroxyl groups is 1. The van der Waals surface area contributed by atoms with Crippen LogP contribution in [-0.4, -0.2) is 23.9 Å². The molecule has 1 fully saturated rings. The molecule has 25 heavy (non-hydrogen) atoms. The van der Waals surface area contributed by atoms with Gasteiger partial charge in [-0.3, -0.25) is 0 Å². The Bertz CT molecular complexity index is 657. The highest BCUT2D eigenvalue weighted by Crippen LogP contribution is 2.41. The fourth-order valence-electron chi connectivity index (χ4n) is 3.83. The van der Waals surface area contributed by atoms with Crippen molar-refractivity contribution in [3.63, 3.8) is 0 Å². The van der Waals surface area contributed by atoms with Crippen LogP contribution in [0.2, 0.25) is 0 Å². The van der Waals surface area contributed by atoms with Crippen LogP contribution in [0.3, 0.4) is 0 Å². The molecule has 0 aliphatic carbocycles. The van der Waals surface area contributed by atoms with Gasteiger partial charge in [0, 0.05) is 25.1 Å². The zero-order chi connectivity index (χ0) is 17.0. The van der Waals surface area contributed by atoms with Crippen molar-refractivity contribution in [2.75, 3.05) is 13.2 Å². The minimum absolute atomic E-state index is 0. The summed E-state index contributed by atoms with van der Waals surface area (Å²) in [5, 5.41) is 13.0. The molecule has 3 nitrogen and oxygen atoms in total. The van der Waals surface area contributed by atoms with E-state index in [9.17, 15) is 5.11 Å². The lowest BCUT2D eigenvalue weighted by atomic mass is 9.69. The summed E-state index contributed by atoms with van der Waals surface area (Å²) in [6, 6.07) is 18.2. The minimum Gasteiger partial charge on any atom is -0.508 e. The molecule has 3 rings (SSSR count). The molecule has 2 N–H and O–H groups in total. The molecule has 1 aliphatic heterocycles. The Morgan fingerprint density at radius 2 is 1.72 bits per heavy atom. The quantitative estimate of drug-likeness (QED) is 0.827. The first kappa shape index (κ1) is 19.8. The number of hydrogen-bond donors (Lipinski definition) is 2. The van der Waals surface area contributed by atoms with Crippen molar-refractivity contribution >= 4 is 12.4 Å². The average molecular weight is 362 g/mol. The van der Waals surface area contributed by atoms with Gasteiger partial charge in [-0.15, -0.1) is 12.4 Å². The standard InChI is InChI=1S/C21H27NO2.ClH/c1-20(2)15-21(12-13-24-20,18-6-4-3-5-7-18)16-22-14-17-8-10-19(23)11-9-17;/h3-11,22-23H,12-16H2,1-2H3;1H. The number of phenolic OH excluding ortho intramolecular Hbond substituents is 1. The third-order valence-corrected chi connectivity index (χ3v) is 4.95. The minimum atomic E-state index is -0.103. The van der Waals surface area contributed by atoms with E-state index in [0.717, 1.165) is 32.5 Å². The summed E-state index contributed by atoms with van der Waals surface area (Å²) >= 11 is 0. The van der Waals surface area contributed by atoms with Gasteiger partial charge in [-0.1, -0.05) is 42.5 Å². The molecule has 2 aromatic rings. The number of rotatable bonds is 5. The topological polar surface area (TPSA) is 41.5 Å². The summed E-state index contributed by atoms with van der Waals surface area (Å²) < 4.78 is 5.96. The van der Waals surface area contributed by atoms with Crippen molar-refractivity contribution in [1.82, 2.24) is 5.32 Å². The molecule has 0 amide bonds. The molecule has 0 bridgehead atoms. The lowest BCUT2D eigenvalue weighted by Crippen LogP contribution is -2.49. The number of ether oxygens (including phenoxy) is 1. The van der Waals surface area contributed by atoms with Gasteiger partial charge < -0.3 is 15.2 Å². The third-order valence-electron chi connectivity index (χ3n) is 4.95. The Hall–Kier alpha value is -1.55. The van der Waals surface area contributed by atoms with Crippen LogP contribution in [0.25, 0.3) is 0 Å². The lowest BCUT2D eigenvalue weighted by Gasteiger charge is -2.45. The molecule has 4 heteroatoms. The average Bonchev–Trinajstić information content (AvgIpc) is 2.57. The van der Waals surface area contributed by atoms with Crippen molar-refractivity contribution in [2.24, 2.45) is 0 Å². The fourth-order valence-corrected chi connectivity index (χ4v) is 3.83. The molecule has 0 radical (unpaired) electrons. The van der Waals surface area contributed by atoms with E-state index in [0.29, 0.717) is 5.75 Å². The van der Waals surface area contributed by atoms with Crippen LogP contribution in [-0.2, 0) is 16.7 Å². The Kier molecular flexibility index (Phi) is 6.50. The Morgan fingerprint density at radius 1 is 1.04 bits per heavy atom. The molecule has 136 valence electrons. The van der Waals surface area contributed by atoms with E-state index in [2.05, 4.69) is 49.5 Å². The summed E-state index contributed by atoms with van der Waals surface area (Å²) in [6.07, 6.45) is 2.04. The first-order chi connectivity index (χ1) is 11.5. The lowest BCUT2D eigenvalue weighted by molar-refractivity contribution is -0.0821. The Morgan fingerprint density at radius 3 is 2.36 bits per heavy atom. The zero-order valence-electron chi connectivity index (χ0n) is 15.0. The van der Waals surface area contributed by atoms with Crippen molar-refractivity contribution in [3.05, 3.63) is 65.7 Å². The van der Waals surface area contributed by atoms with E-state index in [1.165, 1.54) is 11.1 Å². The van der Waals surface area contributed by atoms with Gasteiger partial charge in [0.1, 0.15) is 5.75 Å². The maximum atomic E-state index is 9.40. The van der Waals surface area contributed by atoms with Crippen molar-refractivity contribution in [3.8, 4) is 5.75 Å². The summed E-state index contributed by atoms with van der Waals surface area (Å²) in [7, 11) is 0. The molecule has 0 aromatic heterocycles. The van der Waals surface area contributed by atoms with E-state index >= 15 is 0 Å². The van der Waals surface area contributed by atoms with Gasteiger partial charge >= 0.3 is 0 Å². The van der Waals surface area contributed by atoms with Crippen LogP contribution in [0, 0.1) is 0 Å². The van der Waals surface area contributed by atoms with E-state index in [1.807, 2.05) is 12.1 Å². The van der Waals surface area contributed by atoms with Gasteiger partial charge in [0.15, 0.2) is 0 Å². The predicted molar refractivity (Wildman–Crippen MR) is 104 cm³/mol. The summed E-state index contributed by atoms with van der Waals surface area (Å²) in [4.78, 5) is 0. The van der Waals surface area contributed by atoms with Crippen molar-refractivity contribution in [1.29, 1.82) is 0 Å². The van der Waals surface area contributed by atoms with Gasteiger partial charge in [0.2, 0.25) is 0 Å². The second kappa shape index (κ2) is 8.22. The molecule has 2 aromatic carbocycles. The highest BCUT2D eigenvalue weighted by Gasteiger charge is 2.41. The van der Waals surface area contributed by atoms with E-state index in [-0.39, 0.29) is 23.4 Å². The Balaban J connectivity index is 0.00000225. The molecular formula is C21H28ClNO2. The Labute approximate surface area is 156 Å². The second-order valence-corrected chi connectivity index (χ2v) is 7.45. The van der Waals surface area contributed by atoms with Gasteiger partial charge in [-0.05, 0) is 49.9 Å². The number of phenols is 1. The highest BCUT2D eigenvalue weighted by atomic mass is 35.5. The van der Waals surface area contributed by atoms with Crippen molar-refractivity contribution in [2.45, 2.75) is 44.2 Å². The zero-order valence-corrected chi connectivity index (χ0v) is 15.8. The van der Waals surface area contributed by atoms with Crippen molar-refractivity contribution < 1.29 is 9.84 Å². The van der Waals surface area contributed by atoms with E-state index in [1.54, 1.807) is 12.1 Å². The number of hydrogen-bond acceptors (Lipinski definition) is 3. The molecule has 1 saturated heterocycles. The van der Waals surface area contributed by atoms with Crippen LogP contribution in [0.1, 0.15) is 37.8 Å².